The lowest BCUT2D eigenvalue weighted by Crippen LogP contribution is -2.21. The number of carbonyl (C=O) groups is 1. The number of thiazole rings is 1. The van der Waals surface area contributed by atoms with Crippen molar-refractivity contribution < 1.29 is 4.79 Å². The average Bonchev–Trinajstić information content (AvgIpc) is 2.85. The number of amides is 1. The summed E-state index contributed by atoms with van der Waals surface area (Å²) in [6.45, 7) is 3.98. The van der Waals surface area contributed by atoms with Crippen LogP contribution in [0.1, 0.15) is 22.9 Å². The molecule has 0 radical (unpaired) electrons. The zero-order valence-electron chi connectivity index (χ0n) is 11.8. The second-order valence-corrected chi connectivity index (χ2v) is 6.96. The van der Waals surface area contributed by atoms with Crippen LogP contribution < -0.4 is 5.32 Å². The molecule has 0 saturated carbocycles. The van der Waals surface area contributed by atoms with Crippen LogP contribution in [0.4, 0.5) is 5.13 Å². The third-order valence-electron chi connectivity index (χ3n) is 2.97. The molecule has 0 saturated heterocycles. The maximum absolute atomic E-state index is 11.8. The van der Waals surface area contributed by atoms with Crippen molar-refractivity contribution in [1.82, 2.24) is 4.98 Å². The van der Waals surface area contributed by atoms with Crippen molar-refractivity contribution in [3.8, 4) is 0 Å². The molecule has 0 aliphatic heterocycles. The summed E-state index contributed by atoms with van der Waals surface area (Å²) in [6, 6.07) is 8.44. The molecular weight excluding hydrogens is 288 g/mol. The molecule has 20 heavy (non-hydrogen) atoms. The van der Waals surface area contributed by atoms with Gasteiger partial charge < -0.3 is 5.32 Å². The molecule has 0 aliphatic rings. The zero-order valence-corrected chi connectivity index (χ0v) is 13.5. The average molecular weight is 306 g/mol. The Morgan fingerprint density at radius 3 is 3.00 bits per heavy atom. The second kappa shape index (κ2) is 6.90. The highest BCUT2D eigenvalue weighted by atomic mass is 32.2. The normalized spacial score (nSPS) is 12.2. The highest BCUT2D eigenvalue weighted by Gasteiger charge is 2.13. The van der Waals surface area contributed by atoms with Gasteiger partial charge in [0.15, 0.2) is 5.13 Å². The van der Waals surface area contributed by atoms with Gasteiger partial charge in [0, 0.05) is 17.5 Å². The number of rotatable bonds is 5. The minimum absolute atomic E-state index is 0.00829. The van der Waals surface area contributed by atoms with E-state index in [1.165, 1.54) is 34.2 Å². The van der Waals surface area contributed by atoms with Gasteiger partial charge in [-0.1, -0.05) is 29.8 Å². The van der Waals surface area contributed by atoms with Crippen LogP contribution in [0.25, 0.3) is 0 Å². The zero-order chi connectivity index (χ0) is 14.5. The fraction of sp³-hybridized carbons (Fsp3) is 0.333. The molecule has 2 rings (SSSR count). The van der Waals surface area contributed by atoms with Crippen molar-refractivity contribution in [2.24, 2.45) is 0 Å². The number of nitrogens with one attached hydrogen (secondary N) is 1. The predicted molar refractivity (Wildman–Crippen MR) is 87.7 cm³/mol. The van der Waals surface area contributed by atoms with Crippen LogP contribution in [0.3, 0.4) is 0 Å². The van der Waals surface area contributed by atoms with Crippen LogP contribution >= 0.6 is 23.1 Å². The number of benzene rings is 1. The highest BCUT2D eigenvalue weighted by Crippen LogP contribution is 2.22. The van der Waals surface area contributed by atoms with Crippen LogP contribution in [0.15, 0.2) is 30.5 Å². The third-order valence-corrected chi connectivity index (χ3v) is 4.80. The van der Waals surface area contributed by atoms with Gasteiger partial charge in [0.05, 0.1) is 5.25 Å². The summed E-state index contributed by atoms with van der Waals surface area (Å²) in [5.41, 5.74) is 2.53. The standard InChI is InChI=1S/C15H18N2OS2/c1-10-5-4-6-12(7-10)8-13-9-16-15(20-13)17-14(18)11(2)19-3/h4-7,9,11H,8H2,1-3H3,(H,16,17,18). The lowest BCUT2D eigenvalue weighted by Gasteiger charge is -2.06. The van der Waals surface area contributed by atoms with Crippen molar-refractivity contribution in [2.75, 3.05) is 11.6 Å². The van der Waals surface area contributed by atoms with Crippen molar-refractivity contribution in [1.29, 1.82) is 0 Å². The van der Waals surface area contributed by atoms with Crippen LogP contribution in [0, 0.1) is 6.92 Å². The number of aromatic nitrogens is 1. The summed E-state index contributed by atoms with van der Waals surface area (Å²) in [5, 5.41) is 3.48. The molecule has 0 aliphatic carbocycles. The SMILES string of the molecule is CSC(C)C(=O)Nc1ncc(Cc2cccc(C)c2)s1. The van der Waals surface area contributed by atoms with Crippen LogP contribution in [-0.2, 0) is 11.2 Å². The van der Waals surface area contributed by atoms with Gasteiger partial charge >= 0.3 is 0 Å². The van der Waals surface area contributed by atoms with E-state index < -0.39 is 0 Å². The van der Waals surface area contributed by atoms with E-state index in [-0.39, 0.29) is 11.2 Å². The van der Waals surface area contributed by atoms with E-state index in [2.05, 4.69) is 41.5 Å². The largest absolute Gasteiger partial charge is 0.301 e. The number of carbonyl (C=O) groups excluding carboxylic acids is 1. The number of nitrogens with zero attached hydrogens (tertiary/aromatic N) is 1. The van der Waals surface area contributed by atoms with Crippen LogP contribution in [0.5, 0.6) is 0 Å². The molecule has 1 N–H and O–H groups in total. The van der Waals surface area contributed by atoms with Gasteiger partial charge in [0.1, 0.15) is 0 Å². The summed E-state index contributed by atoms with van der Waals surface area (Å²) in [5.74, 6) is 0.00829. The molecule has 106 valence electrons. The van der Waals surface area contributed by atoms with Crippen molar-refractivity contribution in [2.45, 2.75) is 25.5 Å². The van der Waals surface area contributed by atoms with Crippen LogP contribution in [-0.4, -0.2) is 22.4 Å². The first-order valence-corrected chi connectivity index (χ1v) is 8.53. The lowest BCUT2D eigenvalue weighted by molar-refractivity contribution is -0.115. The molecule has 5 heteroatoms. The molecule has 1 atom stereocenters. The van der Waals surface area contributed by atoms with Crippen LogP contribution in [0.2, 0.25) is 0 Å². The first kappa shape index (κ1) is 15.1. The Morgan fingerprint density at radius 1 is 1.50 bits per heavy atom. The summed E-state index contributed by atoms with van der Waals surface area (Å²) < 4.78 is 0. The third kappa shape index (κ3) is 4.08. The maximum atomic E-state index is 11.8. The topological polar surface area (TPSA) is 42.0 Å². The first-order valence-electron chi connectivity index (χ1n) is 6.42. The van der Waals surface area contributed by atoms with E-state index >= 15 is 0 Å². The Hall–Kier alpha value is -1.33. The van der Waals surface area contributed by atoms with E-state index in [4.69, 9.17) is 0 Å². The molecule has 1 unspecified atom stereocenters. The summed E-state index contributed by atoms with van der Waals surface area (Å²) in [7, 11) is 0. The Kier molecular flexibility index (Phi) is 5.20. The molecule has 0 fully saturated rings. The second-order valence-electron chi connectivity index (χ2n) is 4.66. The van der Waals surface area contributed by atoms with Crippen molar-refractivity contribution in [3.63, 3.8) is 0 Å². The molecule has 0 bridgehead atoms. The van der Waals surface area contributed by atoms with Gasteiger partial charge in [-0.05, 0) is 25.7 Å². The number of thioether (sulfide) groups is 1. The minimum Gasteiger partial charge on any atom is -0.301 e. The molecule has 2 aromatic rings. The molecule has 1 aromatic heterocycles. The highest BCUT2D eigenvalue weighted by molar-refractivity contribution is 7.99. The first-order chi connectivity index (χ1) is 9.58. The molecule has 1 aromatic carbocycles. The van der Waals surface area contributed by atoms with Gasteiger partial charge in [-0.3, -0.25) is 4.79 Å². The Morgan fingerprint density at radius 2 is 2.30 bits per heavy atom. The smallest absolute Gasteiger partial charge is 0.238 e. The van der Waals surface area contributed by atoms with Gasteiger partial charge in [-0.15, -0.1) is 11.3 Å². The number of hydrogen-bond donors (Lipinski definition) is 1. The van der Waals surface area contributed by atoms with E-state index in [1.807, 2.05) is 19.4 Å². The fourth-order valence-electron chi connectivity index (χ4n) is 1.78. The van der Waals surface area contributed by atoms with Crippen molar-refractivity contribution in [3.05, 3.63) is 46.5 Å². The van der Waals surface area contributed by atoms with Gasteiger partial charge in [0.2, 0.25) is 5.91 Å². The summed E-state index contributed by atoms with van der Waals surface area (Å²) >= 11 is 3.07. The Labute approximate surface area is 127 Å². The fourth-order valence-corrected chi connectivity index (χ4v) is 2.91. The number of hydrogen-bond acceptors (Lipinski definition) is 4. The van der Waals surface area contributed by atoms with E-state index in [0.717, 1.165) is 11.3 Å². The van der Waals surface area contributed by atoms with E-state index in [0.29, 0.717) is 5.13 Å². The molecule has 0 spiro atoms. The van der Waals surface area contributed by atoms with Gasteiger partial charge in [0.25, 0.3) is 0 Å². The predicted octanol–water partition coefficient (Wildman–Crippen LogP) is 3.73. The van der Waals surface area contributed by atoms with Crippen molar-refractivity contribution >= 4 is 34.1 Å². The molecule has 3 nitrogen and oxygen atoms in total. The van der Waals surface area contributed by atoms with Gasteiger partial charge in [-0.25, -0.2) is 4.98 Å². The number of aryl methyl sites for hydroxylation is 1. The Balaban J connectivity index is 2.00. The summed E-state index contributed by atoms with van der Waals surface area (Å²) in [4.78, 5) is 17.2. The Bertz CT molecular complexity index is 595. The summed E-state index contributed by atoms with van der Waals surface area (Å²) in [6.07, 6.45) is 4.62. The van der Waals surface area contributed by atoms with E-state index in [9.17, 15) is 4.79 Å². The maximum Gasteiger partial charge on any atom is 0.238 e. The molecule has 1 heterocycles. The molecule has 1 amide bonds. The number of anilines is 1. The van der Waals surface area contributed by atoms with Gasteiger partial charge in [-0.2, -0.15) is 11.8 Å². The lowest BCUT2D eigenvalue weighted by atomic mass is 10.1. The quantitative estimate of drug-likeness (QED) is 0.915. The molecular formula is C15H18N2OS2. The van der Waals surface area contributed by atoms with E-state index in [1.54, 1.807) is 0 Å². The minimum atomic E-state index is -0.0564. The monoisotopic (exact) mass is 306 g/mol.